The lowest BCUT2D eigenvalue weighted by Gasteiger charge is -2.34. The van der Waals surface area contributed by atoms with Gasteiger partial charge in [-0.05, 0) is 55.3 Å². The topological polar surface area (TPSA) is 139 Å². The van der Waals surface area contributed by atoms with E-state index < -0.39 is 23.3 Å². The van der Waals surface area contributed by atoms with Gasteiger partial charge in [0.1, 0.15) is 0 Å². The third-order valence-electron chi connectivity index (χ3n) is 5.67. The zero-order chi connectivity index (χ0) is 25.3. The molecule has 0 aliphatic rings. The third kappa shape index (κ3) is 5.99. The fraction of sp³-hybridized carbons (Fsp3) is 0.320. The van der Waals surface area contributed by atoms with Gasteiger partial charge in [-0.25, -0.2) is 5.48 Å². The lowest BCUT2D eigenvalue weighted by molar-refractivity contribution is -0.148. The number of nitrogens with one attached hydrogen (secondary N) is 2. The number of amides is 3. The van der Waals surface area contributed by atoms with Crippen molar-refractivity contribution in [3.05, 3.63) is 70.8 Å². The Morgan fingerprint density at radius 2 is 1.44 bits per heavy atom. The summed E-state index contributed by atoms with van der Waals surface area (Å²) < 4.78 is 0. The molecule has 0 fully saturated rings. The van der Waals surface area contributed by atoms with Gasteiger partial charge in [0.2, 0.25) is 0 Å². The fourth-order valence-electron chi connectivity index (χ4n) is 3.24. The molecule has 0 aliphatic heterocycles. The highest BCUT2D eigenvalue weighted by Crippen LogP contribution is 2.18. The molecular formula is C25H29N3O6. The molecule has 0 aliphatic carbocycles. The average molecular weight is 468 g/mol. The van der Waals surface area contributed by atoms with E-state index in [-0.39, 0.29) is 24.7 Å². The SMILES string of the molecule is CNC(=O)[C@@](C)(C(=O)NO)N(C)C(=O)c1ccc(C#Cc2ccc(CC(CO)CO)cc2)cc1. The van der Waals surface area contributed by atoms with E-state index in [1.165, 1.54) is 38.6 Å². The molecule has 0 spiro atoms. The van der Waals surface area contributed by atoms with Gasteiger partial charge in [-0.2, -0.15) is 0 Å². The highest BCUT2D eigenvalue weighted by Gasteiger charge is 2.47. The van der Waals surface area contributed by atoms with Crippen molar-refractivity contribution in [1.82, 2.24) is 15.7 Å². The summed E-state index contributed by atoms with van der Waals surface area (Å²) in [7, 11) is 2.62. The molecule has 34 heavy (non-hydrogen) atoms. The van der Waals surface area contributed by atoms with E-state index in [1.807, 2.05) is 24.3 Å². The minimum absolute atomic E-state index is 0.0774. The molecular weight excluding hydrogens is 438 g/mol. The highest BCUT2D eigenvalue weighted by atomic mass is 16.5. The standard InChI is InChI=1S/C25H29N3O6/c1-25(23(32)26-2,24(33)27-34)28(3)22(31)21-12-10-18(11-13-21)5-4-17-6-8-19(9-7-17)14-20(15-29)16-30/h6-13,20,29-30,34H,14-16H2,1-3H3,(H,26,32)(H,27,33)/t25-/m0/s1. The number of aliphatic hydroxyl groups is 2. The van der Waals surface area contributed by atoms with E-state index in [1.54, 1.807) is 12.1 Å². The van der Waals surface area contributed by atoms with E-state index in [0.717, 1.165) is 16.0 Å². The molecule has 0 bridgehead atoms. The van der Waals surface area contributed by atoms with Crippen LogP contribution in [0.15, 0.2) is 48.5 Å². The number of hydrogen-bond acceptors (Lipinski definition) is 6. The van der Waals surface area contributed by atoms with E-state index in [0.29, 0.717) is 12.0 Å². The first-order valence-corrected chi connectivity index (χ1v) is 10.6. The number of carbonyl (C=O) groups is 3. The molecule has 0 unspecified atom stereocenters. The van der Waals surface area contributed by atoms with Crippen molar-refractivity contribution in [2.75, 3.05) is 27.3 Å². The summed E-state index contributed by atoms with van der Waals surface area (Å²) in [5.41, 5.74) is 2.14. The van der Waals surface area contributed by atoms with Crippen LogP contribution < -0.4 is 10.8 Å². The van der Waals surface area contributed by atoms with E-state index in [2.05, 4.69) is 17.2 Å². The number of likely N-dealkylation sites (N-methyl/N-ethyl adjacent to an activating group) is 2. The Morgan fingerprint density at radius 3 is 1.88 bits per heavy atom. The van der Waals surface area contributed by atoms with Crippen molar-refractivity contribution in [1.29, 1.82) is 0 Å². The van der Waals surface area contributed by atoms with Gasteiger partial charge in [-0.15, -0.1) is 0 Å². The third-order valence-corrected chi connectivity index (χ3v) is 5.67. The largest absolute Gasteiger partial charge is 0.396 e. The molecule has 2 rings (SSSR count). The van der Waals surface area contributed by atoms with Gasteiger partial charge in [0.25, 0.3) is 17.7 Å². The zero-order valence-corrected chi connectivity index (χ0v) is 19.3. The summed E-state index contributed by atoms with van der Waals surface area (Å²) in [4.78, 5) is 38.3. The number of carbonyl (C=O) groups excluding carboxylic acids is 3. The smallest absolute Gasteiger partial charge is 0.278 e. The Hall–Kier alpha value is -3.71. The second-order valence-corrected chi connectivity index (χ2v) is 7.92. The van der Waals surface area contributed by atoms with E-state index in [4.69, 9.17) is 5.21 Å². The Balaban J connectivity index is 2.15. The molecule has 9 nitrogen and oxygen atoms in total. The minimum Gasteiger partial charge on any atom is -0.396 e. The van der Waals surface area contributed by atoms with Crippen molar-refractivity contribution >= 4 is 17.7 Å². The van der Waals surface area contributed by atoms with Crippen LogP contribution in [0.25, 0.3) is 0 Å². The molecule has 0 saturated heterocycles. The maximum atomic E-state index is 12.9. The van der Waals surface area contributed by atoms with Crippen LogP contribution in [0.5, 0.6) is 0 Å². The van der Waals surface area contributed by atoms with Crippen molar-refractivity contribution < 1.29 is 29.8 Å². The van der Waals surface area contributed by atoms with Gasteiger partial charge in [-0.1, -0.05) is 24.0 Å². The Kier molecular flexibility index (Phi) is 9.33. The zero-order valence-electron chi connectivity index (χ0n) is 19.3. The summed E-state index contributed by atoms with van der Waals surface area (Å²) >= 11 is 0. The second-order valence-electron chi connectivity index (χ2n) is 7.92. The lowest BCUT2D eigenvalue weighted by Crippen LogP contribution is -2.64. The molecule has 2 aromatic carbocycles. The second kappa shape index (κ2) is 12.0. The van der Waals surface area contributed by atoms with Gasteiger partial charge < -0.3 is 20.4 Å². The number of hydroxylamine groups is 1. The lowest BCUT2D eigenvalue weighted by atomic mass is 9.96. The summed E-state index contributed by atoms with van der Waals surface area (Å²) in [6.07, 6.45) is 0.573. The molecule has 9 heteroatoms. The highest BCUT2D eigenvalue weighted by molar-refractivity contribution is 6.12. The first kappa shape index (κ1) is 26.5. The van der Waals surface area contributed by atoms with Gasteiger partial charge in [-0.3, -0.25) is 19.6 Å². The van der Waals surface area contributed by atoms with Crippen LogP contribution in [-0.2, 0) is 16.0 Å². The number of benzene rings is 2. The van der Waals surface area contributed by atoms with E-state index >= 15 is 0 Å². The Morgan fingerprint density at radius 1 is 0.941 bits per heavy atom. The molecule has 3 amide bonds. The summed E-state index contributed by atoms with van der Waals surface area (Å²) in [6.45, 7) is 1.08. The number of rotatable bonds is 8. The van der Waals surface area contributed by atoms with Gasteiger partial charge >= 0.3 is 0 Å². The van der Waals surface area contributed by atoms with Crippen LogP contribution in [-0.4, -0.2) is 70.9 Å². The first-order valence-electron chi connectivity index (χ1n) is 10.6. The maximum absolute atomic E-state index is 12.9. The normalized spacial score (nSPS) is 12.2. The monoisotopic (exact) mass is 467 g/mol. The summed E-state index contributed by atoms with van der Waals surface area (Å²) in [6, 6.07) is 13.9. The molecule has 0 aromatic heterocycles. The van der Waals surface area contributed by atoms with Gasteiger partial charge in [0.05, 0.1) is 0 Å². The summed E-state index contributed by atoms with van der Waals surface area (Å²) in [5.74, 6) is 3.46. The minimum atomic E-state index is -1.96. The van der Waals surface area contributed by atoms with Crippen LogP contribution in [0, 0.1) is 17.8 Å². The van der Waals surface area contributed by atoms with E-state index in [9.17, 15) is 24.6 Å². The van der Waals surface area contributed by atoms with Crippen LogP contribution in [0.3, 0.4) is 0 Å². The maximum Gasteiger partial charge on any atom is 0.278 e. The van der Waals surface area contributed by atoms with Crippen LogP contribution in [0.1, 0.15) is 34.0 Å². The molecule has 0 radical (unpaired) electrons. The average Bonchev–Trinajstić information content (AvgIpc) is 2.89. The molecule has 180 valence electrons. The quantitative estimate of drug-likeness (QED) is 0.164. The molecule has 0 heterocycles. The predicted molar refractivity (Wildman–Crippen MR) is 125 cm³/mol. The van der Waals surface area contributed by atoms with Crippen molar-refractivity contribution in [2.45, 2.75) is 18.9 Å². The van der Waals surface area contributed by atoms with Crippen molar-refractivity contribution in [2.24, 2.45) is 5.92 Å². The Labute approximate surface area is 198 Å². The number of nitrogens with zero attached hydrogens (tertiary/aromatic N) is 1. The number of hydrogen-bond donors (Lipinski definition) is 5. The van der Waals surface area contributed by atoms with Crippen molar-refractivity contribution in [3.8, 4) is 11.8 Å². The molecule has 2 aromatic rings. The number of aliphatic hydroxyl groups excluding tert-OH is 2. The molecule has 5 N–H and O–H groups in total. The summed E-state index contributed by atoms with van der Waals surface area (Å²) in [5, 5.41) is 29.7. The van der Waals surface area contributed by atoms with Crippen LogP contribution in [0.4, 0.5) is 0 Å². The fourth-order valence-corrected chi connectivity index (χ4v) is 3.24. The van der Waals surface area contributed by atoms with Crippen LogP contribution in [0.2, 0.25) is 0 Å². The van der Waals surface area contributed by atoms with Gasteiger partial charge in [0.15, 0.2) is 5.54 Å². The predicted octanol–water partition coefficient (Wildman–Crippen LogP) is 0.312. The Bertz CT molecular complexity index is 1050. The first-order chi connectivity index (χ1) is 16.2. The molecule has 1 atom stereocenters. The van der Waals surface area contributed by atoms with Crippen LogP contribution >= 0.6 is 0 Å². The molecule has 0 saturated carbocycles. The van der Waals surface area contributed by atoms with Crippen molar-refractivity contribution in [3.63, 3.8) is 0 Å². The van der Waals surface area contributed by atoms with Gasteiger partial charge in [0, 0.05) is 49.9 Å².